The number of amides is 2. The molecule has 1 aliphatic heterocycles. The molecule has 0 radical (unpaired) electrons. The Bertz CT molecular complexity index is 1010. The van der Waals surface area contributed by atoms with Gasteiger partial charge in [0.15, 0.2) is 0 Å². The molecule has 3 rings (SSSR count). The molecule has 0 aliphatic carbocycles. The molecule has 0 spiro atoms. The summed E-state index contributed by atoms with van der Waals surface area (Å²) in [7, 11) is -3.72. The molecule has 30 heavy (non-hydrogen) atoms. The molecule has 2 aromatic carbocycles. The Morgan fingerprint density at radius 2 is 1.90 bits per heavy atom. The lowest BCUT2D eigenvalue weighted by Gasteiger charge is -2.18. The SMILES string of the molecule is CC(CCc1ccccc1)NC(=O)CCNS(=O)(=O)c1ccc2c(c1)CCC(=O)N2. The van der Waals surface area contributed by atoms with E-state index in [9.17, 15) is 18.0 Å². The van der Waals surface area contributed by atoms with Crippen LogP contribution in [0.25, 0.3) is 0 Å². The number of hydrogen-bond acceptors (Lipinski definition) is 4. The van der Waals surface area contributed by atoms with Crippen LogP contribution < -0.4 is 15.4 Å². The topological polar surface area (TPSA) is 104 Å². The van der Waals surface area contributed by atoms with Gasteiger partial charge in [0.25, 0.3) is 0 Å². The third-order valence-corrected chi connectivity index (χ3v) is 6.50. The van der Waals surface area contributed by atoms with Crippen molar-refractivity contribution in [1.29, 1.82) is 0 Å². The number of nitrogens with one attached hydrogen (secondary N) is 3. The van der Waals surface area contributed by atoms with Gasteiger partial charge in [-0.05, 0) is 55.5 Å². The van der Waals surface area contributed by atoms with E-state index < -0.39 is 10.0 Å². The Hall–Kier alpha value is -2.71. The third-order valence-electron chi connectivity index (χ3n) is 5.04. The molecule has 0 saturated carbocycles. The summed E-state index contributed by atoms with van der Waals surface area (Å²) >= 11 is 0. The van der Waals surface area contributed by atoms with Crippen molar-refractivity contribution in [2.45, 2.75) is 50.0 Å². The summed E-state index contributed by atoms with van der Waals surface area (Å²) in [5, 5.41) is 5.64. The number of anilines is 1. The molecule has 2 aromatic rings. The van der Waals surface area contributed by atoms with E-state index in [4.69, 9.17) is 0 Å². The first kappa shape index (κ1) is 22.0. The van der Waals surface area contributed by atoms with Gasteiger partial charge in [0.2, 0.25) is 21.8 Å². The fourth-order valence-corrected chi connectivity index (χ4v) is 4.44. The molecule has 1 aliphatic rings. The lowest BCUT2D eigenvalue weighted by molar-refractivity contribution is -0.121. The zero-order valence-corrected chi connectivity index (χ0v) is 17.8. The van der Waals surface area contributed by atoms with E-state index in [2.05, 4.69) is 27.5 Å². The van der Waals surface area contributed by atoms with Crippen LogP contribution in [0.2, 0.25) is 0 Å². The molecule has 1 atom stereocenters. The van der Waals surface area contributed by atoms with Gasteiger partial charge in [0.1, 0.15) is 0 Å². The smallest absolute Gasteiger partial charge is 0.240 e. The molecule has 8 heteroatoms. The maximum Gasteiger partial charge on any atom is 0.240 e. The van der Waals surface area contributed by atoms with E-state index in [1.54, 1.807) is 12.1 Å². The molecule has 0 aromatic heterocycles. The fourth-order valence-electron chi connectivity index (χ4n) is 3.36. The number of benzene rings is 2. The van der Waals surface area contributed by atoms with E-state index in [0.29, 0.717) is 18.5 Å². The van der Waals surface area contributed by atoms with Gasteiger partial charge in [0.05, 0.1) is 4.90 Å². The largest absolute Gasteiger partial charge is 0.354 e. The molecule has 0 fully saturated rings. The van der Waals surface area contributed by atoms with Gasteiger partial charge >= 0.3 is 0 Å². The molecule has 160 valence electrons. The Morgan fingerprint density at radius 3 is 2.67 bits per heavy atom. The Kier molecular flexibility index (Phi) is 7.23. The minimum Gasteiger partial charge on any atom is -0.354 e. The van der Waals surface area contributed by atoms with Crippen molar-refractivity contribution in [2.24, 2.45) is 0 Å². The van der Waals surface area contributed by atoms with Crippen molar-refractivity contribution in [2.75, 3.05) is 11.9 Å². The number of sulfonamides is 1. The summed E-state index contributed by atoms with van der Waals surface area (Å²) in [6.07, 6.45) is 2.59. The van der Waals surface area contributed by atoms with Crippen molar-refractivity contribution in [3.05, 3.63) is 59.7 Å². The highest BCUT2D eigenvalue weighted by Crippen LogP contribution is 2.25. The van der Waals surface area contributed by atoms with Gasteiger partial charge in [-0.1, -0.05) is 30.3 Å². The Labute approximate surface area is 177 Å². The van der Waals surface area contributed by atoms with Gasteiger partial charge in [-0.15, -0.1) is 0 Å². The van der Waals surface area contributed by atoms with Crippen LogP contribution in [0.5, 0.6) is 0 Å². The van der Waals surface area contributed by atoms with E-state index in [-0.39, 0.29) is 35.7 Å². The number of carbonyl (C=O) groups excluding carboxylic acids is 2. The average molecular weight is 430 g/mol. The van der Waals surface area contributed by atoms with Crippen molar-refractivity contribution in [3.8, 4) is 0 Å². The van der Waals surface area contributed by atoms with E-state index in [1.165, 1.54) is 11.6 Å². The highest BCUT2D eigenvalue weighted by atomic mass is 32.2. The monoisotopic (exact) mass is 429 g/mol. The third kappa shape index (κ3) is 6.14. The predicted octanol–water partition coefficient (Wildman–Crippen LogP) is 2.38. The highest BCUT2D eigenvalue weighted by Gasteiger charge is 2.20. The lowest BCUT2D eigenvalue weighted by atomic mass is 10.0. The molecule has 0 saturated heterocycles. The molecule has 3 N–H and O–H groups in total. The summed E-state index contributed by atoms with van der Waals surface area (Å²) in [5.74, 6) is -0.258. The average Bonchev–Trinajstić information content (AvgIpc) is 2.72. The second-order valence-corrected chi connectivity index (χ2v) is 9.27. The van der Waals surface area contributed by atoms with Crippen LogP contribution >= 0.6 is 0 Å². The second kappa shape index (κ2) is 9.86. The number of fused-ring (bicyclic) bond motifs is 1. The van der Waals surface area contributed by atoms with Crippen LogP contribution in [-0.4, -0.2) is 32.8 Å². The quantitative estimate of drug-likeness (QED) is 0.569. The summed E-state index contributed by atoms with van der Waals surface area (Å²) in [4.78, 5) is 23.7. The first-order valence-corrected chi connectivity index (χ1v) is 11.6. The first-order valence-electron chi connectivity index (χ1n) is 10.1. The first-order chi connectivity index (χ1) is 14.3. The van der Waals surface area contributed by atoms with Crippen LogP contribution in [0.3, 0.4) is 0 Å². The van der Waals surface area contributed by atoms with E-state index in [0.717, 1.165) is 18.4 Å². The zero-order chi connectivity index (χ0) is 21.6. The molecule has 0 bridgehead atoms. The molecule has 7 nitrogen and oxygen atoms in total. The lowest BCUT2D eigenvalue weighted by Crippen LogP contribution is -2.35. The minimum absolute atomic E-state index is 0.00479. The van der Waals surface area contributed by atoms with Gasteiger partial charge in [-0.3, -0.25) is 9.59 Å². The van der Waals surface area contributed by atoms with Crippen LogP contribution in [0.15, 0.2) is 53.4 Å². The predicted molar refractivity (Wildman–Crippen MR) is 116 cm³/mol. The number of rotatable bonds is 9. The zero-order valence-electron chi connectivity index (χ0n) is 17.0. The number of carbonyl (C=O) groups is 2. The molecule has 1 unspecified atom stereocenters. The molecule has 2 amide bonds. The van der Waals surface area contributed by atoms with E-state index in [1.807, 2.05) is 25.1 Å². The van der Waals surface area contributed by atoms with Gasteiger partial charge in [0, 0.05) is 31.1 Å². The maximum atomic E-state index is 12.5. The molecular weight excluding hydrogens is 402 g/mol. The summed E-state index contributed by atoms with van der Waals surface area (Å²) in [5.41, 5.74) is 2.66. The van der Waals surface area contributed by atoms with Crippen LogP contribution in [-0.2, 0) is 32.5 Å². The van der Waals surface area contributed by atoms with Gasteiger partial charge in [-0.25, -0.2) is 13.1 Å². The summed E-state index contributed by atoms with van der Waals surface area (Å²) < 4.78 is 27.5. The minimum atomic E-state index is -3.72. The Morgan fingerprint density at radius 1 is 1.13 bits per heavy atom. The summed E-state index contributed by atoms with van der Waals surface area (Å²) in [6, 6.07) is 14.7. The maximum absolute atomic E-state index is 12.5. The number of hydrogen-bond donors (Lipinski definition) is 3. The van der Waals surface area contributed by atoms with Crippen LogP contribution in [0.1, 0.15) is 37.3 Å². The fraction of sp³-hybridized carbons (Fsp3) is 0.364. The Balaban J connectivity index is 1.44. The van der Waals surface area contributed by atoms with E-state index >= 15 is 0 Å². The second-order valence-electron chi connectivity index (χ2n) is 7.51. The van der Waals surface area contributed by atoms with Crippen LogP contribution in [0, 0.1) is 0 Å². The number of aryl methyl sites for hydroxylation is 2. The standard InChI is InChI=1S/C22H27N3O4S/c1-16(7-8-17-5-3-2-4-6-17)24-22(27)13-14-23-30(28,29)19-10-11-20-18(15-19)9-12-21(26)25-20/h2-6,10-11,15-16,23H,7-9,12-14H2,1H3,(H,24,27)(H,25,26). The molecular formula is C22H27N3O4S. The molecule has 1 heterocycles. The van der Waals surface area contributed by atoms with Gasteiger partial charge in [-0.2, -0.15) is 0 Å². The van der Waals surface area contributed by atoms with Crippen molar-refractivity contribution >= 4 is 27.5 Å². The van der Waals surface area contributed by atoms with Crippen molar-refractivity contribution in [3.63, 3.8) is 0 Å². The van der Waals surface area contributed by atoms with Gasteiger partial charge < -0.3 is 10.6 Å². The van der Waals surface area contributed by atoms with Crippen molar-refractivity contribution in [1.82, 2.24) is 10.0 Å². The summed E-state index contributed by atoms with van der Waals surface area (Å²) in [6.45, 7) is 1.96. The van der Waals surface area contributed by atoms with Crippen LogP contribution in [0.4, 0.5) is 5.69 Å². The van der Waals surface area contributed by atoms with Crippen molar-refractivity contribution < 1.29 is 18.0 Å². The highest BCUT2D eigenvalue weighted by molar-refractivity contribution is 7.89. The normalized spacial score (nSPS) is 14.5.